The Bertz CT molecular complexity index is 831. The van der Waals surface area contributed by atoms with Crippen molar-refractivity contribution < 1.29 is 28.5 Å². The summed E-state index contributed by atoms with van der Waals surface area (Å²) in [6.07, 6.45) is 3.15. The predicted molar refractivity (Wildman–Crippen MR) is 108 cm³/mol. The second-order valence-electron chi connectivity index (χ2n) is 5.95. The van der Waals surface area contributed by atoms with E-state index in [1.165, 1.54) is 21.3 Å². The van der Waals surface area contributed by atoms with Gasteiger partial charge in [-0.25, -0.2) is 0 Å². The number of hydrogen-bond acceptors (Lipinski definition) is 6. The average Bonchev–Trinajstić information content (AvgIpc) is 2.72. The third-order valence-electron chi connectivity index (χ3n) is 4.17. The zero-order valence-corrected chi connectivity index (χ0v) is 17.1. The number of ketones is 1. The monoisotopic (exact) mass is 386 g/mol. The lowest BCUT2D eigenvalue weighted by molar-refractivity contribution is 0.0813. The summed E-state index contributed by atoms with van der Waals surface area (Å²) < 4.78 is 27.2. The maximum Gasteiger partial charge on any atom is 0.203 e. The predicted octanol–water partition coefficient (Wildman–Crippen LogP) is 4.40. The topological polar surface area (TPSA) is 63.2 Å². The molecule has 0 spiro atoms. The van der Waals surface area contributed by atoms with Crippen LogP contribution in [0.4, 0.5) is 0 Å². The minimum absolute atomic E-state index is 0.223. The lowest BCUT2D eigenvalue weighted by atomic mass is 10.1. The molecule has 0 saturated heterocycles. The summed E-state index contributed by atoms with van der Waals surface area (Å²) in [4.78, 5) is 12.9. The fraction of sp³-hybridized carbons (Fsp3) is 0.318. The largest absolute Gasteiger partial charge is 0.493 e. The van der Waals surface area contributed by atoms with Crippen LogP contribution in [0, 0.1) is 0 Å². The first-order chi connectivity index (χ1) is 13.5. The van der Waals surface area contributed by atoms with E-state index in [-0.39, 0.29) is 5.78 Å². The molecule has 2 rings (SSSR count). The van der Waals surface area contributed by atoms with E-state index in [9.17, 15) is 4.79 Å². The first-order valence-corrected chi connectivity index (χ1v) is 8.80. The van der Waals surface area contributed by atoms with Crippen LogP contribution >= 0.6 is 0 Å². The highest BCUT2D eigenvalue weighted by Crippen LogP contribution is 2.38. The van der Waals surface area contributed by atoms with Gasteiger partial charge in [0.1, 0.15) is 0 Å². The summed E-state index contributed by atoms with van der Waals surface area (Å²) in [6, 6.07) is 8.75. The van der Waals surface area contributed by atoms with Gasteiger partial charge in [-0.3, -0.25) is 4.79 Å². The number of methoxy groups -OCH3 is 4. The minimum Gasteiger partial charge on any atom is -0.493 e. The maximum atomic E-state index is 12.9. The van der Waals surface area contributed by atoms with Gasteiger partial charge in [0.15, 0.2) is 29.1 Å². The summed E-state index contributed by atoms with van der Waals surface area (Å²) in [6.45, 7) is 3.62. The first-order valence-electron chi connectivity index (χ1n) is 8.80. The van der Waals surface area contributed by atoms with Crippen molar-refractivity contribution in [1.82, 2.24) is 0 Å². The molecule has 0 aliphatic carbocycles. The van der Waals surface area contributed by atoms with Crippen molar-refractivity contribution in [2.45, 2.75) is 20.0 Å². The molecular formula is C22H26O6. The van der Waals surface area contributed by atoms with Gasteiger partial charge >= 0.3 is 0 Å². The van der Waals surface area contributed by atoms with Gasteiger partial charge in [-0.2, -0.15) is 0 Å². The van der Waals surface area contributed by atoms with Crippen molar-refractivity contribution in [3.63, 3.8) is 0 Å². The number of rotatable bonds is 9. The normalized spacial score (nSPS) is 11.8. The van der Waals surface area contributed by atoms with Crippen molar-refractivity contribution in [2.75, 3.05) is 28.4 Å². The Morgan fingerprint density at radius 1 is 0.857 bits per heavy atom. The van der Waals surface area contributed by atoms with Crippen LogP contribution in [-0.4, -0.2) is 40.3 Å². The quantitative estimate of drug-likeness (QED) is 0.595. The van der Waals surface area contributed by atoms with Crippen LogP contribution in [0.3, 0.4) is 0 Å². The SMILES string of the molecule is C/C=C/c1ccc(OC(C)C(=O)c2cc(OC)c(OC)c(OC)c2)c(OC)c1. The number of carbonyl (C=O) groups is 1. The standard InChI is InChI=1S/C22H26O6/c1-7-8-15-9-10-17(18(11-15)24-3)28-14(2)21(23)16-12-19(25-4)22(27-6)20(13-16)26-5/h7-14H,1-6H3/b8-7+. The Balaban J connectivity index is 2.30. The van der Waals surface area contributed by atoms with Gasteiger partial charge in [0, 0.05) is 5.56 Å². The summed E-state index contributed by atoms with van der Waals surface area (Å²) >= 11 is 0. The van der Waals surface area contributed by atoms with E-state index < -0.39 is 6.10 Å². The molecule has 6 nitrogen and oxygen atoms in total. The smallest absolute Gasteiger partial charge is 0.203 e. The lowest BCUT2D eigenvalue weighted by Gasteiger charge is -2.18. The fourth-order valence-electron chi connectivity index (χ4n) is 2.78. The van der Waals surface area contributed by atoms with Gasteiger partial charge in [-0.1, -0.05) is 18.2 Å². The van der Waals surface area contributed by atoms with E-state index in [4.69, 9.17) is 23.7 Å². The maximum absolute atomic E-state index is 12.9. The molecule has 1 atom stereocenters. The van der Waals surface area contributed by atoms with Crippen molar-refractivity contribution in [1.29, 1.82) is 0 Å². The van der Waals surface area contributed by atoms with Crippen LogP contribution < -0.4 is 23.7 Å². The third-order valence-corrected chi connectivity index (χ3v) is 4.17. The molecule has 0 bridgehead atoms. The molecule has 28 heavy (non-hydrogen) atoms. The molecular weight excluding hydrogens is 360 g/mol. The number of benzene rings is 2. The molecule has 0 heterocycles. The van der Waals surface area contributed by atoms with Gasteiger partial charge in [0.25, 0.3) is 0 Å². The summed E-state index contributed by atoms with van der Waals surface area (Å²) in [7, 11) is 6.08. The van der Waals surface area contributed by atoms with E-state index >= 15 is 0 Å². The third kappa shape index (κ3) is 4.57. The van der Waals surface area contributed by atoms with E-state index in [2.05, 4.69) is 0 Å². The Morgan fingerprint density at radius 2 is 1.46 bits per heavy atom. The van der Waals surface area contributed by atoms with Crippen LogP contribution in [0.1, 0.15) is 29.8 Å². The molecule has 6 heteroatoms. The highest BCUT2D eigenvalue weighted by molar-refractivity contribution is 6.00. The van der Waals surface area contributed by atoms with Crippen LogP contribution in [-0.2, 0) is 0 Å². The summed E-state index contributed by atoms with van der Waals surface area (Å²) in [5.41, 5.74) is 1.38. The second kappa shape index (κ2) is 9.69. The van der Waals surface area contributed by atoms with E-state index in [1.807, 2.05) is 31.2 Å². The molecule has 0 aliphatic heterocycles. The lowest BCUT2D eigenvalue weighted by Crippen LogP contribution is -2.24. The van der Waals surface area contributed by atoms with Crippen LogP contribution in [0.5, 0.6) is 28.7 Å². The highest BCUT2D eigenvalue weighted by atomic mass is 16.5. The first kappa shape index (κ1) is 21.2. The van der Waals surface area contributed by atoms with Gasteiger partial charge in [0.05, 0.1) is 28.4 Å². The summed E-state index contributed by atoms with van der Waals surface area (Å²) in [5.74, 6) is 2.07. The van der Waals surface area contributed by atoms with Crippen LogP contribution in [0.15, 0.2) is 36.4 Å². The molecule has 0 N–H and O–H groups in total. The zero-order chi connectivity index (χ0) is 20.7. The highest BCUT2D eigenvalue weighted by Gasteiger charge is 2.23. The fourth-order valence-corrected chi connectivity index (χ4v) is 2.78. The van der Waals surface area contributed by atoms with Crippen molar-refractivity contribution in [2.24, 2.45) is 0 Å². The number of ether oxygens (including phenoxy) is 5. The number of carbonyl (C=O) groups excluding carboxylic acids is 1. The molecule has 0 aromatic heterocycles. The molecule has 150 valence electrons. The van der Waals surface area contributed by atoms with Gasteiger partial charge in [-0.15, -0.1) is 0 Å². The second-order valence-corrected chi connectivity index (χ2v) is 5.95. The Morgan fingerprint density at radius 3 is 1.96 bits per heavy atom. The number of allylic oxidation sites excluding steroid dienone is 1. The molecule has 2 aromatic rings. The Hall–Kier alpha value is -3.15. The summed E-state index contributed by atoms with van der Waals surface area (Å²) in [5, 5.41) is 0. The molecule has 0 saturated carbocycles. The van der Waals surface area contributed by atoms with Gasteiger partial charge in [-0.05, 0) is 43.7 Å². The minimum atomic E-state index is -0.746. The van der Waals surface area contributed by atoms with Crippen molar-refractivity contribution in [3.05, 3.63) is 47.5 Å². The van der Waals surface area contributed by atoms with Crippen LogP contribution in [0.2, 0.25) is 0 Å². The Labute approximate surface area is 165 Å². The molecule has 2 aromatic carbocycles. The van der Waals surface area contributed by atoms with Gasteiger partial charge in [0.2, 0.25) is 11.5 Å². The van der Waals surface area contributed by atoms with E-state index in [1.54, 1.807) is 32.2 Å². The van der Waals surface area contributed by atoms with Gasteiger partial charge < -0.3 is 23.7 Å². The zero-order valence-electron chi connectivity index (χ0n) is 17.1. The molecule has 0 aliphatic rings. The van der Waals surface area contributed by atoms with Crippen molar-refractivity contribution in [3.8, 4) is 28.7 Å². The number of hydrogen-bond donors (Lipinski definition) is 0. The van der Waals surface area contributed by atoms with Crippen molar-refractivity contribution >= 4 is 11.9 Å². The molecule has 0 fully saturated rings. The Kier molecular flexibility index (Phi) is 7.32. The van der Waals surface area contributed by atoms with E-state index in [0.29, 0.717) is 34.3 Å². The molecule has 1 unspecified atom stereocenters. The van der Waals surface area contributed by atoms with E-state index in [0.717, 1.165) is 5.56 Å². The average molecular weight is 386 g/mol. The van der Waals surface area contributed by atoms with Crippen LogP contribution in [0.25, 0.3) is 6.08 Å². The number of Topliss-reactive ketones (excluding diaryl/α,β-unsaturated/α-hetero) is 1. The molecule has 0 amide bonds. The molecule has 0 radical (unpaired) electrons.